The highest BCUT2D eigenvalue weighted by Crippen LogP contribution is 2.15. The van der Waals surface area contributed by atoms with E-state index in [2.05, 4.69) is 5.32 Å². The molecule has 4 heteroatoms. The summed E-state index contributed by atoms with van der Waals surface area (Å²) in [6, 6.07) is 0.181. The van der Waals surface area contributed by atoms with Gasteiger partial charge in [-0.05, 0) is 13.3 Å². The average Bonchev–Trinajstić information content (AvgIpc) is 2.13. The van der Waals surface area contributed by atoms with Crippen molar-refractivity contribution in [2.24, 2.45) is 0 Å². The number of carbonyl (C=O) groups excluding carboxylic acids is 2. The Kier molecular flexibility index (Phi) is 2.70. The van der Waals surface area contributed by atoms with Crippen molar-refractivity contribution >= 4 is 11.8 Å². The van der Waals surface area contributed by atoms with Crippen LogP contribution in [-0.4, -0.2) is 36.9 Å². The minimum atomic E-state index is -0.302. The molecular formula is C9H14N2O2. The van der Waals surface area contributed by atoms with Crippen LogP contribution in [0.5, 0.6) is 0 Å². The Morgan fingerprint density at radius 1 is 1.69 bits per heavy atom. The normalized spacial score (nSPS) is 22.7. The first-order chi connectivity index (χ1) is 6.07. The van der Waals surface area contributed by atoms with Crippen molar-refractivity contribution in [1.29, 1.82) is 0 Å². The summed E-state index contributed by atoms with van der Waals surface area (Å²) >= 11 is 0. The highest BCUT2D eigenvalue weighted by atomic mass is 16.2. The van der Waals surface area contributed by atoms with Crippen molar-refractivity contribution in [3.05, 3.63) is 11.6 Å². The van der Waals surface area contributed by atoms with Gasteiger partial charge in [-0.3, -0.25) is 9.59 Å². The highest BCUT2D eigenvalue weighted by Gasteiger charge is 2.27. The predicted molar refractivity (Wildman–Crippen MR) is 49.0 cm³/mol. The van der Waals surface area contributed by atoms with E-state index in [0.717, 1.165) is 6.42 Å². The predicted octanol–water partition coefficient (Wildman–Crippen LogP) is -0.0906. The summed E-state index contributed by atoms with van der Waals surface area (Å²) < 4.78 is 0. The fraction of sp³-hybridized carbons (Fsp3) is 0.556. The average molecular weight is 182 g/mol. The molecule has 1 atom stereocenters. The number of carbonyl (C=O) groups is 2. The van der Waals surface area contributed by atoms with Gasteiger partial charge < -0.3 is 10.2 Å². The SMILES string of the molecule is CNC(=O)C1=CCC(C)N(C)C1=O. The van der Waals surface area contributed by atoms with E-state index in [1.54, 1.807) is 18.0 Å². The van der Waals surface area contributed by atoms with Gasteiger partial charge in [0, 0.05) is 20.1 Å². The van der Waals surface area contributed by atoms with E-state index in [4.69, 9.17) is 0 Å². The lowest BCUT2D eigenvalue weighted by molar-refractivity contribution is -0.131. The molecule has 0 radical (unpaired) electrons. The van der Waals surface area contributed by atoms with Crippen LogP contribution in [0.15, 0.2) is 11.6 Å². The van der Waals surface area contributed by atoms with E-state index >= 15 is 0 Å². The quantitative estimate of drug-likeness (QED) is 0.576. The molecule has 0 fully saturated rings. The minimum absolute atomic E-state index is 0.181. The summed E-state index contributed by atoms with van der Waals surface area (Å²) in [5.74, 6) is -0.498. The maximum atomic E-state index is 11.5. The van der Waals surface area contributed by atoms with Crippen LogP contribution in [0.3, 0.4) is 0 Å². The number of hydrogen-bond donors (Lipinski definition) is 1. The zero-order valence-electron chi connectivity index (χ0n) is 8.13. The van der Waals surface area contributed by atoms with Crippen molar-refractivity contribution in [2.45, 2.75) is 19.4 Å². The number of amides is 2. The molecule has 0 spiro atoms. The molecule has 0 saturated heterocycles. The topological polar surface area (TPSA) is 49.4 Å². The number of nitrogens with one attached hydrogen (secondary N) is 1. The third kappa shape index (κ3) is 1.71. The van der Waals surface area contributed by atoms with Crippen molar-refractivity contribution in [2.75, 3.05) is 14.1 Å². The van der Waals surface area contributed by atoms with Gasteiger partial charge in [-0.25, -0.2) is 0 Å². The van der Waals surface area contributed by atoms with Gasteiger partial charge in [0.15, 0.2) is 0 Å². The molecule has 1 aliphatic heterocycles. The van der Waals surface area contributed by atoms with Crippen LogP contribution >= 0.6 is 0 Å². The van der Waals surface area contributed by atoms with Crippen LogP contribution in [0, 0.1) is 0 Å². The molecule has 4 nitrogen and oxygen atoms in total. The summed E-state index contributed by atoms with van der Waals surface area (Å²) in [6.07, 6.45) is 2.44. The van der Waals surface area contributed by atoms with E-state index in [1.807, 2.05) is 6.92 Å². The molecule has 1 N–H and O–H groups in total. The summed E-state index contributed by atoms with van der Waals surface area (Å²) in [5, 5.41) is 2.45. The van der Waals surface area contributed by atoms with E-state index < -0.39 is 0 Å². The molecule has 1 rings (SSSR count). The molecule has 0 aromatic heterocycles. The second-order valence-electron chi connectivity index (χ2n) is 3.20. The van der Waals surface area contributed by atoms with Gasteiger partial charge in [0.05, 0.1) is 0 Å². The highest BCUT2D eigenvalue weighted by molar-refractivity contribution is 6.18. The van der Waals surface area contributed by atoms with Gasteiger partial charge in [0.1, 0.15) is 5.57 Å². The molecule has 1 heterocycles. The molecule has 72 valence electrons. The minimum Gasteiger partial charge on any atom is -0.355 e. The Morgan fingerprint density at radius 3 is 2.85 bits per heavy atom. The van der Waals surface area contributed by atoms with Gasteiger partial charge in [-0.1, -0.05) is 6.08 Å². The Balaban J connectivity index is 2.88. The number of hydrogen-bond acceptors (Lipinski definition) is 2. The maximum absolute atomic E-state index is 11.5. The van der Waals surface area contributed by atoms with Gasteiger partial charge in [0.2, 0.25) is 0 Å². The lowest BCUT2D eigenvalue weighted by Gasteiger charge is -2.28. The largest absolute Gasteiger partial charge is 0.355 e. The van der Waals surface area contributed by atoms with Crippen LogP contribution in [0.4, 0.5) is 0 Å². The third-order valence-electron chi connectivity index (χ3n) is 2.35. The zero-order chi connectivity index (χ0) is 10.0. The number of nitrogens with zero attached hydrogens (tertiary/aromatic N) is 1. The van der Waals surface area contributed by atoms with E-state index in [-0.39, 0.29) is 23.4 Å². The summed E-state index contributed by atoms with van der Waals surface area (Å²) in [4.78, 5) is 24.3. The Labute approximate surface area is 77.6 Å². The summed E-state index contributed by atoms with van der Waals surface area (Å²) in [5.41, 5.74) is 0.253. The third-order valence-corrected chi connectivity index (χ3v) is 2.35. The second-order valence-corrected chi connectivity index (χ2v) is 3.20. The van der Waals surface area contributed by atoms with Crippen molar-refractivity contribution in [3.63, 3.8) is 0 Å². The first kappa shape index (κ1) is 9.77. The lowest BCUT2D eigenvalue weighted by Crippen LogP contribution is -2.42. The lowest BCUT2D eigenvalue weighted by atomic mass is 10.0. The van der Waals surface area contributed by atoms with E-state index in [0.29, 0.717) is 0 Å². The van der Waals surface area contributed by atoms with Gasteiger partial charge in [0.25, 0.3) is 11.8 Å². The molecule has 0 bridgehead atoms. The monoisotopic (exact) mass is 182 g/mol. The van der Waals surface area contributed by atoms with Crippen molar-refractivity contribution in [1.82, 2.24) is 10.2 Å². The summed E-state index contributed by atoms with van der Waals surface area (Å²) in [7, 11) is 3.23. The smallest absolute Gasteiger partial charge is 0.259 e. The van der Waals surface area contributed by atoms with E-state index in [1.165, 1.54) is 7.05 Å². The molecule has 1 unspecified atom stereocenters. The first-order valence-electron chi connectivity index (χ1n) is 4.27. The standard InChI is InChI=1S/C9H14N2O2/c1-6-4-5-7(8(12)10-2)9(13)11(6)3/h5-6H,4H2,1-3H3,(H,10,12). The molecule has 2 amide bonds. The second kappa shape index (κ2) is 3.60. The summed E-state index contributed by atoms with van der Waals surface area (Å²) in [6.45, 7) is 1.95. The Bertz CT molecular complexity index is 271. The number of likely N-dealkylation sites (N-methyl/N-ethyl adjacent to an activating group) is 2. The first-order valence-corrected chi connectivity index (χ1v) is 4.27. The van der Waals surface area contributed by atoms with Crippen LogP contribution < -0.4 is 5.32 Å². The van der Waals surface area contributed by atoms with Gasteiger partial charge in [-0.15, -0.1) is 0 Å². The molecule has 0 aromatic rings. The van der Waals surface area contributed by atoms with Crippen LogP contribution in [0.25, 0.3) is 0 Å². The number of rotatable bonds is 1. The van der Waals surface area contributed by atoms with Crippen LogP contribution in [0.1, 0.15) is 13.3 Å². The Hall–Kier alpha value is -1.32. The van der Waals surface area contributed by atoms with Gasteiger partial charge in [-0.2, -0.15) is 0 Å². The fourth-order valence-electron chi connectivity index (χ4n) is 1.25. The molecule has 1 aliphatic rings. The Morgan fingerprint density at radius 2 is 2.31 bits per heavy atom. The molecule has 0 aromatic carbocycles. The van der Waals surface area contributed by atoms with Crippen molar-refractivity contribution < 1.29 is 9.59 Å². The molecule has 0 aliphatic carbocycles. The molecule has 13 heavy (non-hydrogen) atoms. The molecular weight excluding hydrogens is 168 g/mol. The van der Waals surface area contributed by atoms with Crippen LogP contribution in [-0.2, 0) is 9.59 Å². The van der Waals surface area contributed by atoms with E-state index in [9.17, 15) is 9.59 Å². The fourth-order valence-corrected chi connectivity index (χ4v) is 1.25. The van der Waals surface area contributed by atoms with Crippen LogP contribution in [0.2, 0.25) is 0 Å². The molecule has 0 saturated carbocycles. The maximum Gasteiger partial charge on any atom is 0.259 e. The van der Waals surface area contributed by atoms with Crippen molar-refractivity contribution in [3.8, 4) is 0 Å². The zero-order valence-corrected chi connectivity index (χ0v) is 8.13. The van der Waals surface area contributed by atoms with Gasteiger partial charge >= 0.3 is 0 Å².